The predicted octanol–water partition coefficient (Wildman–Crippen LogP) is 3.38. The van der Waals surface area contributed by atoms with Crippen LogP contribution in [-0.4, -0.2) is 25.8 Å². The second-order valence-corrected chi connectivity index (χ2v) is 5.56. The van der Waals surface area contributed by atoms with Gasteiger partial charge in [-0.1, -0.05) is 42.0 Å². The summed E-state index contributed by atoms with van der Waals surface area (Å²) in [6.07, 6.45) is 0.868. The standard InChI is InChI=1S/C18H23NO/c1-14-4-8-16(9-5-14)17(13-20)12-15-6-10-18(11-7-15)19(2)3/h4-11,17,20H,12-13H2,1-3H3. The van der Waals surface area contributed by atoms with Crippen molar-refractivity contribution in [3.8, 4) is 0 Å². The Labute approximate surface area is 121 Å². The van der Waals surface area contributed by atoms with E-state index in [1.54, 1.807) is 0 Å². The zero-order valence-electron chi connectivity index (χ0n) is 12.5. The molecule has 1 atom stereocenters. The van der Waals surface area contributed by atoms with Gasteiger partial charge in [0.2, 0.25) is 0 Å². The molecule has 106 valence electrons. The Morgan fingerprint density at radius 1 is 0.950 bits per heavy atom. The molecular formula is C18H23NO. The quantitative estimate of drug-likeness (QED) is 0.899. The molecule has 0 saturated heterocycles. The maximum absolute atomic E-state index is 9.64. The van der Waals surface area contributed by atoms with E-state index in [1.807, 2.05) is 14.1 Å². The highest BCUT2D eigenvalue weighted by Crippen LogP contribution is 2.22. The third-order valence-corrected chi connectivity index (χ3v) is 3.70. The van der Waals surface area contributed by atoms with Crippen LogP contribution < -0.4 is 4.90 Å². The molecule has 2 rings (SSSR count). The molecule has 0 aliphatic carbocycles. The molecular weight excluding hydrogens is 246 g/mol. The molecule has 2 heteroatoms. The summed E-state index contributed by atoms with van der Waals surface area (Å²) in [5.74, 6) is 0.167. The number of benzene rings is 2. The molecule has 0 aliphatic rings. The Kier molecular flexibility index (Phi) is 4.80. The smallest absolute Gasteiger partial charge is 0.0502 e. The van der Waals surface area contributed by atoms with Crippen LogP contribution in [0.2, 0.25) is 0 Å². The van der Waals surface area contributed by atoms with Crippen molar-refractivity contribution in [2.24, 2.45) is 0 Å². The van der Waals surface area contributed by atoms with Crippen LogP contribution in [0.5, 0.6) is 0 Å². The number of hydrogen-bond acceptors (Lipinski definition) is 2. The predicted molar refractivity (Wildman–Crippen MR) is 85.5 cm³/mol. The van der Waals surface area contributed by atoms with Crippen LogP contribution in [0, 0.1) is 6.92 Å². The van der Waals surface area contributed by atoms with E-state index >= 15 is 0 Å². The summed E-state index contributed by atoms with van der Waals surface area (Å²) in [6, 6.07) is 17.0. The average molecular weight is 269 g/mol. The Bertz CT molecular complexity index is 528. The first-order valence-electron chi connectivity index (χ1n) is 7.04. The van der Waals surface area contributed by atoms with Crippen molar-refractivity contribution in [2.45, 2.75) is 19.3 Å². The van der Waals surface area contributed by atoms with E-state index in [0.29, 0.717) is 0 Å². The number of nitrogens with zero attached hydrogens (tertiary/aromatic N) is 1. The van der Waals surface area contributed by atoms with E-state index in [1.165, 1.54) is 22.4 Å². The van der Waals surface area contributed by atoms with Crippen molar-refractivity contribution in [1.29, 1.82) is 0 Å². The third kappa shape index (κ3) is 3.61. The second kappa shape index (κ2) is 6.58. The Morgan fingerprint density at radius 2 is 1.55 bits per heavy atom. The topological polar surface area (TPSA) is 23.5 Å². The van der Waals surface area contributed by atoms with E-state index < -0.39 is 0 Å². The summed E-state index contributed by atoms with van der Waals surface area (Å²) in [5, 5.41) is 9.64. The summed E-state index contributed by atoms with van der Waals surface area (Å²) in [7, 11) is 4.08. The van der Waals surface area contributed by atoms with Gasteiger partial charge in [0.15, 0.2) is 0 Å². The van der Waals surface area contributed by atoms with Gasteiger partial charge in [-0.15, -0.1) is 0 Å². The number of aliphatic hydroxyl groups is 1. The minimum absolute atomic E-state index is 0.167. The fraction of sp³-hybridized carbons (Fsp3) is 0.333. The fourth-order valence-electron chi connectivity index (χ4n) is 2.34. The lowest BCUT2D eigenvalue weighted by molar-refractivity contribution is 0.264. The highest BCUT2D eigenvalue weighted by molar-refractivity contribution is 5.46. The van der Waals surface area contributed by atoms with Gasteiger partial charge in [0.05, 0.1) is 6.61 Å². The van der Waals surface area contributed by atoms with Gasteiger partial charge in [0, 0.05) is 25.7 Å². The molecule has 0 saturated carbocycles. The molecule has 1 N–H and O–H groups in total. The van der Waals surface area contributed by atoms with Gasteiger partial charge in [-0.05, 0) is 36.6 Å². The summed E-state index contributed by atoms with van der Waals surface area (Å²) in [5.41, 5.74) is 4.91. The molecule has 0 fully saturated rings. The molecule has 20 heavy (non-hydrogen) atoms. The van der Waals surface area contributed by atoms with E-state index in [2.05, 4.69) is 60.4 Å². The number of hydrogen-bond donors (Lipinski definition) is 1. The second-order valence-electron chi connectivity index (χ2n) is 5.56. The minimum Gasteiger partial charge on any atom is -0.396 e. The summed E-state index contributed by atoms with van der Waals surface area (Å²) in [4.78, 5) is 2.09. The molecule has 2 aromatic rings. The third-order valence-electron chi connectivity index (χ3n) is 3.70. The van der Waals surface area contributed by atoms with Gasteiger partial charge in [-0.25, -0.2) is 0 Å². The summed E-state index contributed by atoms with van der Waals surface area (Å²) >= 11 is 0. The first-order valence-corrected chi connectivity index (χ1v) is 7.04. The zero-order chi connectivity index (χ0) is 14.5. The van der Waals surface area contributed by atoms with E-state index in [9.17, 15) is 5.11 Å². The first kappa shape index (κ1) is 14.6. The lowest BCUT2D eigenvalue weighted by Crippen LogP contribution is -2.10. The van der Waals surface area contributed by atoms with E-state index in [4.69, 9.17) is 0 Å². The molecule has 0 amide bonds. The van der Waals surface area contributed by atoms with Crippen LogP contribution in [0.15, 0.2) is 48.5 Å². The number of anilines is 1. The Morgan fingerprint density at radius 3 is 2.05 bits per heavy atom. The van der Waals surface area contributed by atoms with Gasteiger partial charge in [0.25, 0.3) is 0 Å². The normalized spacial score (nSPS) is 12.2. The lowest BCUT2D eigenvalue weighted by Gasteiger charge is -2.17. The average Bonchev–Trinajstić information content (AvgIpc) is 2.46. The lowest BCUT2D eigenvalue weighted by atomic mass is 9.92. The highest BCUT2D eigenvalue weighted by atomic mass is 16.3. The SMILES string of the molecule is Cc1ccc(C(CO)Cc2ccc(N(C)C)cc2)cc1. The molecule has 0 aromatic heterocycles. The van der Waals surface area contributed by atoms with Crippen LogP contribution in [0.3, 0.4) is 0 Å². The highest BCUT2D eigenvalue weighted by Gasteiger charge is 2.11. The molecule has 1 unspecified atom stereocenters. The largest absolute Gasteiger partial charge is 0.396 e. The van der Waals surface area contributed by atoms with Gasteiger partial charge >= 0.3 is 0 Å². The van der Waals surface area contributed by atoms with Gasteiger partial charge in [-0.3, -0.25) is 0 Å². The van der Waals surface area contributed by atoms with Gasteiger partial charge < -0.3 is 10.0 Å². The minimum atomic E-state index is 0.167. The zero-order valence-corrected chi connectivity index (χ0v) is 12.5. The fourth-order valence-corrected chi connectivity index (χ4v) is 2.34. The van der Waals surface area contributed by atoms with Gasteiger partial charge in [0.1, 0.15) is 0 Å². The number of aliphatic hydroxyl groups excluding tert-OH is 1. The molecule has 0 aliphatic heterocycles. The Hall–Kier alpha value is -1.80. The van der Waals surface area contributed by atoms with Gasteiger partial charge in [-0.2, -0.15) is 0 Å². The molecule has 0 radical (unpaired) electrons. The molecule has 2 aromatic carbocycles. The number of aryl methyl sites for hydroxylation is 1. The van der Waals surface area contributed by atoms with Crippen molar-refractivity contribution in [3.05, 3.63) is 65.2 Å². The van der Waals surface area contributed by atoms with Crippen molar-refractivity contribution in [3.63, 3.8) is 0 Å². The van der Waals surface area contributed by atoms with E-state index in [0.717, 1.165) is 6.42 Å². The van der Waals surface area contributed by atoms with Crippen molar-refractivity contribution in [2.75, 3.05) is 25.6 Å². The van der Waals surface area contributed by atoms with Crippen LogP contribution in [-0.2, 0) is 6.42 Å². The van der Waals surface area contributed by atoms with E-state index in [-0.39, 0.29) is 12.5 Å². The van der Waals surface area contributed by atoms with Crippen LogP contribution in [0.4, 0.5) is 5.69 Å². The molecule has 2 nitrogen and oxygen atoms in total. The van der Waals surface area contributed by atoms with Crippen molar-refractivity contribution < 1.29 is 5.11 Å². The summed E-state index contributed by atoms with van der Waals surface area (Å²) < 4.78 is 0. The van der Waals surface area contributed by atoms with Crippen LogP contribution in [0.25, 0.3) is 0 Å². The van der Waals surface area contributed by atoms with Crippen molar-refractivity contribution in [1.82, 2.24) is 0 Å². The number of rotatable bonds is 5. The molecule has 0 spiro atoms. The molecule has 0 heterocycles. The van der Waals surface area contributed by atoms with Crippen LogP contribution >= 0.6 is 0 Å². The first-order chi connectivity index (χ1) is 9.60. The molecule has 0 bridgehead atoms. The maximum atomic E-state index is 9.64. The summed E-state index contributed by atoms with van der Waals surface area (Å²) in [6.45, 7) is 2.26. The van der Waals surface area contributed by atoms with Crippen LogP contribution in [0.1, 0.15) is 22.6 Å². The van der Waals surface area contributed by atoms with Crippen molar-refractivity contribution >= 4 is 5.69 Å². The Balaban J connectivity index is 2.11. The monoisotopic (exact) mass is 269 g/mol. The maximum Gasteiger partial charge on any atom is 0.0502 e.